The van der Waals surface area contributed by atoms with Gasteiger partial charge in [-0.15, -0.1) is 0 Å². The Hall–Kier alpha value is -7.65. The number of aliphatic carboxylic acids is 9. The number of guanidine groups is 2. The van der Waals surface area contributed by atoms with Gasteiger partial charge in [-0.2, -0.15) is 0 Å². The number of carbonyl (C=O) groups excluding carboxylic acids is 2. The summed E-state index contributed by atoms with van der Waals surface area (Å²) in [5.41, 5.74) is 64.3. The number of aliphatic imine (C=N–C) groups is 2. The molecule has 0 aromatic carbocycles. The fraction of sp³-hybridized carbons (Fsp3) is 0.683. The number of carboxylic acid groups (broad SMARTS) is 9. The van der Waals surface area contributed by atoms with Crippen molar-refractivity contribution in [3.63, 3.8) is 0 Å². The van der Waals surface area contributed by atoms with Crippen LogP contribution in [0.1, 0.15) is 87.0 Å². The maximum Gasteiger partial charge on any atom is 0.320 e. The highest BCUT2D eigenvalue weighted by atomic mass is 16.4. The molecule has 35 N–H and O–H groups in total. The molecule has 0 aliphatic carbocycles. The molecule has 2 amide bonds. The Morgan fingerprint density at radius 1 is 0.372 bits per heavy atom. The highest BCUT2D eigenvalue weighted by molar-refractivity contribution is 5.78. The number of hydrogen-bond acceptors (Lipinski definition) is 22. The molecule has 0 fully saturated rings. The molecule has 466 valence electrons. The third-order valence-electron chi connectivity index (χ3n) is 5.15. The van der Waals surface area contributed by atoms with Crippen LogP contribution in [0.5, 0.6) is 0 Å². The van der Waals surface area contributed by atoms with Gasteiger partial charge in [0.15, 0.2) is 11.9 Å². The highest BCUT2D eigenvalue weighted by Gasteiger charge is 2.12. The van der Waals surface area contributed by atoms with Crippen LogP contribution in [0.4, 0.5) is 0 Å². The van der Waals surface area contributed by atoms with Gasteiger partial charge < -0.3 is 130 Å². The van der Waals surface area contributed by atoms with E-state index in [9.17, 15) is 43.2 Å². The molecule has 78 heavy (non-hydrogen) atoms. The van der Waals surface area contributed by atoms with Gasteiger partial charge in [0.25, 0.3) is 11.9 Å². The third kappa shape index (κ3) is 200. The molecule has 0 aliphatic rings. The lowest BCUT2D eigenvalue weighted by atomic mass is 10.2. The first kappa shape index (κ1) is 99.4. The molecule has 0 bridgehead atoms. The van der Waals surface area contributed by atoms with Gasteiger partial charge in [-0.25, -0.2) is 0 Å². The van der Waals surface area contributed by atoms with Gasteiger partial charge >= 0.3 is 41.8 Å². The van der Waals surface area contributed by atoms with Crippen molar-refractivity contribution in [1.29, 1.82) is 0 Å². The molecule has 0 heterocycles. The minimum atomic E-state index is -1.11. The van der Waals surface area contributed by atoms with Gasteiger partial charge in [-0.3, -0.25) is 62.7 Å². The van der Waals surface area contributed by atoms with Crippen LogP contribution in [-0.2, 0) is 52.7 Å². The van der Waals surface area contributed by atoms with E-state index in [1.54, 1.807) is 0 Å². The Morgan fingerprint density at radius 3 is 0.615 bits per heavy atom. The van der Waals surface area contributed by atoms with E-state index < -0.39 is 102 Å². The fourth-order valence-electron chi connectivity index (χ4n) is 1.71. The van der Waals surface area contributed by atoms with E-state index in [1.165, 1.54) is 34.6 Å². The summed E-state index contributed by atoms with van der Waals surface area (Å²) in [5.74, 6) is -9.47. The molecule has 0 aromatic rings. The lowest BCUT2D eigenvalue weighted by Crippen LogP contribution is -2.31. The molecule has 37 nitrogen and oxygen atoms in total. The van der Waals surface area contributed by atoms with Crippen molar-refractivity contribution >= 4 is 77.5 Å². The van der Waals surface area contributed by atoms with Crippen molar-refractivity contribution in [2.24, 2.45) is 84.5 Å². The summed E-state index contributed by atoms with van der Waals surface area (Å²) < 4.78 is 0. The number of carbonyl (C=O) groups is 11. The summed E-state index contributed by atoms with van der Waals surface area (Å²) in [7, 11) is 12.0. The predicted octanol–water partition coefficient (Wildman–Crippen LogP) is -6.73. The van der Waals surface area contributed by atoms with E-state index in [1.807, 2.05) is 52.1 Å². The molecule has 0 aromatic heterocycles. The second kappa shape index (κ2) is 69.3. The normalized spacial score (nSPS) is 11.4. The largest absolute Gasteiger partial charge is 0.481 e. The summed E-state index contributed by atoms with van der Waals surface area (Å²) in [6.45, 7) is 9.99. The topological polar surface area (TPSA) is 739 Å². The third-order valence-corrected chi connectivity index (χ3v) is 5.15. The van der Waals surface area contributed by atoms with Gasteiger partial charge in [-0.05, 0) is 102 Å². The SMILES string of the molecule is CC(=O)O.CC(=O)O.CC(N)=O.CN(C)C.CN(C)C.C[C@H](N)C(=O)O.C[C@H](N)C(=O)O.C[C@H](N)C(=O)O.C[C@H](N)C(=O)O.NC(=O)CC[C@H](N)C(=O)O.NC(N)=NCCC[C@H](N)C(=O)O.NC(N)=NCCC[C@H](N)C(=O)O. The lowest BCUT2D eigenvalue weighted by molar-refractivity contribution is -0.139. The first-order chi connectivity index (χ1) is 34.8. The van der Waals surface area contributed by atoms with E-state index in [2.05, 4.69) is 15.7 Å². The van der Waals surface area contributed by atoms with Crippen LogP contribution in [0.15, 0.2) is 9.98 Å². The van der Waals surface area contributed by atoms with E-state index in [-0.39, 0.29) is 30.7 Å². The zero-order chi connectivity index (χ0) is 65.8. The van der Waals surface area contributed by atoms with Crippen LogP contribution >= 0.6 is 0 Å². The van der Waals surface area contributed by atoms with Gasteiger partial charge in [-0.1, -0.05) is 0 Å². The predicted molar refractivity (Wildman–Crippen MR) is 291 cm³/mol. The van der Waals surface area contributed by atoms with Crippen LogP contribution in [0.25, 0.3) is 0 Å². The molecule has 0 aliphatic heterocycles. The van der Waals surface area contributed by atoms with Gasteiger partial charge in [0.05, 0.1) is 0 Å². The molecular weight excluding hydrogens is 1050 g/mol. The second-order valence-electron chi connectivity index (χ2n) is 15.6. The lowest BCUT2D eigenvalue weighted by Gasteiger charge is -2.03. The monoisotopic (exact) mass is 1150 g/mol. The Kier molecular flexibility index (Phi) is 88.4. The molecule has 0 saturated carbocycles. The zero-order valence-electron chi connectivity index (χ0n) is 47.0. The van der Waals surface area contributed by atoms with E-state index >= 15 is 0 Å². The highest BCUT2D eigenvalue weighted by Crippen LogP contribution is 1.95. The molecule has 0 radical (unpaired) electrons. The number of carboxylic acids is 9. The van der Waals surface area contributed by atoms with E-state index in [0.29, 0.717) is 38.8 Å². The quantitative estimate of drug-likeness (QED) is 0.0345. The van der Waals surface area contributed by atoms with E-state index in [4.69, 9.17) is 124 Å². The summed E-state index contributed by atoms with van der Waals surface area (Å²) in [6.07, 6.45) is 2.03. The Balaban J connectivity index is -0.0000000624. The first-order valence-corrected chi connectivity index (χ1v) is 22.0. The second-order valence-corrected chi connectivity index (χ2v) is 15.6. The maximum absolute atomic E-state index is 10.2. The summed E-state index contributed by atoms with van der Waals surface area (Å²) in [5, 5.41) is 71.3. The van der Waals surface area contributed by atoms with Crippen LogP contribution < -0.4 is 74.5 Å². The van der Waals surface area contributed by atoms with Crippen LogP contribution in [-0.4, -0.2) is 231 Å². The number of nitrogens with two attached hydrogens (primary N) is 13. The zero-order valence-corrected chi connectivity index (χ0v) is 47.0. The van der Waals surface area contributed by atoms with Crippen molar-refractivity contribution in [1.82, 2.24) is 9.80 Å². The minimum absolute atomic E-state index is 0.0129. The molecular formula is C41H97N17O20. The summed E-state index contributed by atoms with van der Waals surface area (Å²) in [4.78, 5) is 117. The molecule has 0 spiro atoms. The summed E-state index contributed by atoms with van der Waals surface area (Å²) >= 11 is 0. The van der Waals surface area contributed by atoms with Crippen molar-refractivity contribution in [2.75, 3.05) is 55.4 Å². The van der Waals surface area contributed by atoms with Crippen molar-refractivity contribution in [2.45, 2.75) is 129 Å². The minimum Gasteiger partial charge on any atom is -0.481 e. The average molecular weight is 1150 g/mol. The molecule has 37 heteroatoms. The summed E-state index contributed by atoms with van der Waals surface area (Å²) in [6, 6.07) is -5.55. The molecule has 0 rings (SSSR count). The van der Waals surface area contributed by atoms with Crippen molar-refractivity contribution in [3.05, 3.63) is 0 Å². The molecule has 7 atom stereocenters. The standard InChI is InChI=1S/2C6H14N4O2.C5H10N2O3.4C3H7NO2.2C3H9N.C2H5NO.2C2H4O2/c2*7-4(5(11)12)2-1-3-10-6(8)9;6-3(5(9)10)1-2-4(7)8;4*1-2(4)3(5)6;2*1-4(2)3;3*1-2(3)4/h2*4H,1-3,7H2,(H,11,12)(H4,8,9,10);3H,1-2,6H2,(H2,7,8)(H,9,10);4*2H,4H2,1H3,(H,5,6);2*1-3H3;1H3,(H2,3,4);2*1H3,(H,3,4)/t2*4-;3-;4*2-;;;;;/m0000000...../s1. The number of rotatable bonds is 18. The average Bonchev–Trinajstić information content (AvgIpc) is 3.22. The Morgan fingerprint density at radius 2 is 0.513 bits per heavy atom. The number of primary amides is 2. The number of amides is 2. The van der Waals surface area contributed by atoms with Gasteiger partial charge in [0, 0.05) is 40.3 Å². The van der Waals surface area contributed by atoms with Crippen LogP contribution in [0, 0.1) is 0 Å². The van der Waals surface area contributed by atoms with Crippen LogP contribution in [0.2, 0.25) is 0 Å². The number of nitrogens with zero attached hydrogens (tertiary/aromatic N) is 4. The van der Waals surface area contributed by atoms with Crippen molar-refractivity contribution in [3.8, 4) is 0 Å². The smallest absolute Gasteiger partial charge is 0.320 e. The van der Waals surface area contributed by atoms with Crippen LogP contribution in [0.3, 0.4) is 0 Å². The molecule has 0 saturated heterocycles. The fourth-order valence-corrected chi connectivity index (χ4v) is 1.71. The molecule has 0 unspecified atom stereocenters. The first-order valence-electron chi connectivity index (χ1n) is 22.0. The van der Waals surface area contributed by atoms with Gasteiger partial charge in [0.1, 0.15) is 42.3 Å². The number of hydrogen-bond donors (Lipinski definition) is 22. The van der Waals surface area contributed by atoms with Gasteiger partial charge in [0.2, 0.25) is 11.8 Å². The Labute approximate surface area is 454 Å². The Bertz CT molecular complexity index is 1480. The van der Waals surface area contributed by atoms with Crippen molar-refractivity contribution < 1.29 is 98.7 Å². The van der Waals surface area contributed by atoms with E-state index in [0.717, 1.165) is 13.8 Å². The maximum atomic E-state index is 10.2.